The van der Waals surface area contributed by atoms with Gasteiger partial charge in [-0.05, 0) is 61.4 Å². The summed E-state index contributed by atoms with van der Waals surface area (Å²) in [5.41, 5.74) is 0.486. The van der Waals surface area contributed by atoms with E-state index >= 15 is 0 Å². The fourth-order valence-electron chi connectivity index (χ4n) is 3.77. The molecule has 29 heavy (non-hydrogen) atoms. The van der Waals surface area contributed by atoms with Gasteiger partial charge in [0.1, 0.15) is 11.6 Å². The minimum Gasteiger partial charge on any atom is -0.468 e. The maximum absolute atomic E-state index is 13.5. The first kappa shape index (κ1) is 19.7. The normalized spacial score (nSPS) is 16.0. The minimum atomic E-state index is -3.76. The molecule has 0 amide bonds. The topological polar surface area (TPSA) is 53.8 Å². The molecule has 1 aromatic heterocycles. The highest BCUT2D eigenvalue weighted by molar-refractivity contribution is 7.92. The van der Waals surface area contributed by atoms with Crippen LogP contribution in [0, 0.1) is 5.82 Å². The third-order valence-corrected chi connectivity index (χ3v) is 7.12. The molecular weight excluding hydrogens is 391 g/mol. The van der Waals surface area contributed by atoms with Crippen molar-refractivity contribution in [2.45, 2.75) is 30.3 Å². The fourth-order valence-corrected chi connectivity index (χ4v) is 5.51. The Morgan fingerprint density at radius 1 is 0.966 bits per heavy atom. The van der Waals surface area contributed by atoms with Crippen LogP contribution in [0.4, 0.5) is 10.1 Å². The molecule has 0 N–H and O–H groups in total. The predicted octanol–water partition coefficient (Wildman–Crippen LogP) is 4.28. The molecule has 0 unspecified atom stereocenters. The molecule has 0 spiro atoms. The SMILES string of the molecule is O=S(=O)(c1ccccc1)N(c1ccc(F)cc1)C1CCN(Cc2ccco2)CC1. The van der Waals surface area contributed by atoms with E-state index in [1.54, 1.807) is 36.6 Å². The molecule has 152 valence electrons. The first-order valence-electron chi connectivity index (χ1n) is 9.64. The molecule has 1 saturated heterocycles. The molecule has 1 aliphatic heterocycles. The van der Waals surface area contributed by atoms with Crippen molar-refractivity contribution in [3.05, 3.63) is 84.6 Å². The zero-order valence-electron chi connectivity index (χ0n) is 15.9. The van der Waals surface area contributed by atoms with E-state index in [1.807, 2.05) is 12.1 Å². The van der Waals surface area contributed by atoms with Gasteiger partial charge in [-0.2, -0.15) is 0 Å². The van der Waals surface area contributed by atoms with Crippen LogP contribution in [0.5, 0.6) is 0 Å². The Bertz CT molecular complexity index is 1010. The number of sulfonamides is 1. The Hall–Kier alpha value is -2.64. The average Bonchev–Trinajstić information content (AvgIpc) is 3.25. The lowest BCUT2D eigenvalue weighted by molar-refractivity contribution is 0.193. The van der Waals surface area contributed by atoms with Gasteiger partial charge in [-0.3, -0.25) is 9.21 Å². The Morgan fingerprint density at radius 3 is 2.28 bits per heavy atom. The summed E-state index contributed by atoms with van der Waals surface area (Å²) in [6, 6.07) is 17.7. The first-order chi connectivity index (χ1) is 14.0. The maximum Gasteiger partial charge on any atom is 0.264 e. The van der Waals surface area contributed by atoms with Crippen molar-refractivity contribution >= 4 is 15.7 Å². The molecule has 1 aliphatic rings. The third-order valence-electron chi connectivity index (χ3n) is 5.23. The number of rotatable bonds is 6. The van der Waals surface area contributed by atoms with Crippen LogP contribution in [-0.4, -0.2) is 32.4 Å². The maximum atomic E-state index is 13.5. The second kappa shape index (κ2) is 8.39. The Labute approximate surface area is 170 Å². The molecule has 5 nitrogen and oxygen atoms in total. The molecule has 0 atom stereocenters. The lowest BCUT2D eigenvalue weighted by Gasteiger charge is -2.38. The Morgan fingerprint density at radius 2 is 1.66 bits per heavy atom. The van der Waals surface area contributed by atoms with Crippen molar-refractivity contribution in [1.29, 1.82) is 0 Å². The molecule has 4 rings (SSSR count). The van der Waals surface area contributed by atoms with Gasteiger partial charge in [0.2, 0.25) is 0 Å². The van der Waals surface area contributed by atoms with Crippen molar-refractivity contribution in [2.75, 3.05) is 17.4 Å². The summed E-state index contributed by atoms with van der Waals surface area (Å²) < 4.78 is 47.3. The summed E-state index contributed by atoms with van der Waals surface area (Å²) >= 11 is 0. The van der Waals surface area contributed by atoms with Gasteiger partial charge in [0.25, 0.3) is 10.0 Å². The zero-order valence-corrected chi connectivity index (χ0v) is 16.8. The van der Waals surface area contributed by atoms with E-state index in [0.717, 1.165) is 18.8 Å². The van der Waals surface area contributed by atoms with Crippen LogP contribution in [0.15, 0.2) is 82.3 Å². The number of halogens is 1. The van der Waals surface area contributed by atoms with Crippen molar-refractivity contribution in [2.24, 2.45) is 0 Å². The van der Waals surface area contributed by atoms with Gasteiger partial charge in [0.05, 0.1) is 23.4 Å². The zero-order chi connectivity index (χ0) is 20.3. The highest BCUT2D eigenvalue weighted by Crippen LogP contribution is 2.31. The van der Waals surface area contributed by atoms with Gasteiger partial charge in [0, 0.05) is 19.1 Å². The van der Waals surface area contributed by atoms with Crippen LogP contribution >= 0.6 is 0 Å². The van der Waals surface area contributed by atoms with Crippen LogP contribution in [0.3, 0.4) is 0 Å². The quantitative estimate of drug-likeness (QED) is 0.604. The Balaban J connectivity index is 1.59. The molecule has 3 aromatic rings. The second-order valence-electron chi connectivity index (χ2n) is 7.18. The number of benzene rings is 2. The van der Waals surface area contributed by atoms with E-state index in [1.165, 1.54) is 28.6 Å². The summed E-state index contributed by atoms with van der Waals surface area (Å²) in [5.74, 6) is 0.509. The molecular formula is C22H23FN2O3S. The number of nitrogens with zero attached hydrogens (tertiary/aromatic N) is 2. The lowest BCUT2D eigenvalue weighted by atomic mass is 10.0. The molecule has 0 bridgehead atoms. The first-order valence-corrected chi connectivity index (χ1v) is 11.1. The van der Waals surface area contributed by atoms with Crippen LogP contribution in [0.1, 0.15) is 18.6 Å². The fraction of sp³-hybridized carbons (Fsp3) is 0.273. The number of furan rings is 1. The lowest BCUT2D eigenvalue weighted by Crippen LogP contribution is -2.47. The monoisotopic (exact) mass is 414 g/mol. The van der Waals surface area contributed by atoms with Crippen molar-refractivity contribution in [1.82, 2.24) is 4.90 Å². The number of likely N-dealkylation sites (tertiary alicyclic amines) is 1. The molecule has 2 heterocycles. The summed E-state index contributed by atoms with van der Waals surface area (Å²) in [7, 11) is -3.76. The van der Waals surface area contributed by atoms with Crippen LogP contribution in [0.25, 0.3) is 0 Å². The highest BCUT2D eigenvalue weighted by atomic mass is 32.2. The van der Waals surface area contributed by atoms with E-state index in [4.69, 9.17) is 4.42 Å². The van der Waals surface area contributed by atoms with Crippen LogP contribution < -0.4 is 4.31 Å². The van der Waals surface area contributed by atoms with Gasteiger partial charge in [-0.1, -0.05) is 18.2 Å². The van der Waals surface area contributed by atoms with Gasteiger partial charge in [-0.15, -0.1) is 0 Å². The van der Waals surface area contributed by atoms with E-state index in [9.17, 15) is 12.8 Å². The van der Waals surface area contributed by atoms with Gasteiger partial charge in [0.15, 0.2) is 0 Å². The number of anilines is 1. The van der Waals surface area contributed by atoms with Crippen LogP contribution in [-0.2, 0) is 16.6 Å². The molecule has 0 saturated carbocycles. The molecule has 2 aromatic carbocycles. The minimum absolute atomic E-state index is 0.196. The van der Waals surface area contributed by atoms with E-state index in [0.29, 0.717) is 25.1 Å². The highest BCUT2D eigenvalue weighted by Gasteiger charge is 2.34. The van der Waals surface area contributed by atoms with Crippen molar-refractivity contribution in [3.63, 3.8) is 0 Å². The Kier molecular flexibility index (Phi) is 5.69. The largest absolute Gasteiger partial charge is 0.468 e. The second-order valence-corrected chi connectivity index (χ2v) is 8.99. The molecule has 0 aliphatic carbocycles. The molecule has 0 radical (unpaired) electrons. The summed E-state index contributed by atoms with van der Waals surface area (Å²) in [6.07, 6.45) is 3.03. The third kappa shape index (κ3) is 4.36. The summed E-state index contributed by atoms with van der Waals surface area (Å²) in [6.45, 7) is 2.22. The van der Waals surface area contributed by atoms with Crippen molar-refractivity contribution < 1.29 is 17.2 Å². The smallest absolute Gasteiger partial charge is 0.264 e. The predicted molar refractivity (Wildman–Crippen MR) is 110 cm³/mol. The van der Waals surface area contributed by atoms with E-state index in [2.05, 4.69) is 4.90 Å². The van der Waals surface area contributed by atoms with Gasteiger partial charge in [-0.25, -0.2) is 12.8 Å². The number of hydrogen-bond donors (Lipinski definition) is 0. The molecule has 1 fully saturated rings. The number of hydrogen-bond acceptors (Lipinski definition) is 4. The standard InChI is InChI=1S/C22H23FN2O3S/c23-18-8-10-19(11-9-18)25(29(26,27)22-6-2-1-3-7-22)20-12-14-24(15-13-20)17-21-5-4-16-28-21/h1-11,16,20H,12-15,17H2. The summed E-state index contributed by atoms with van der Waals surface area (Å²) in [4.78, 5) is 2.50. The van der Waals surface area contributed by atoms with Gasteiger partial charge >= 0.3 is 0 Å². The van der Waals surface area contributed by atoms with E-state index < -0.39 is 10.0 Å². The van der Waals surface area contributed by atoms with E-state index in [-0.39, 0.29) is 16.8 Å². The van der Waals surface area contributed by atoms with Crippen molar-refractivity contribution in [3.8, 4) is 0 Å². The average molecular weight is 415 g/mol. The molecule has 7 heteroatoms. The van der Waals surface area contributed by atoms with Crippen LogP contribution in [0.2, 0.25) is 0 Å². The summed E-state index contributed by atoms with van der Waals surface area (Å²) in [5, 5.41) is 0. The number of piperidine rings is 1. The van der Waals surface area contributed by atoms with Gasteiger partial charge < -0.3 is 4.42 Å².